The van der Waals surface area contributed by atoms with Crippen LogP contribution in [0.1, 0.15) is 37.5 Å². The smallest absolute Gasteiger partial charge is 0.259 e. The van der Waals surface area contributed by atoms with E-state index in [1.165, 1.54) is 6.92 Å². The van der Waals surface area contributed by atoms with Crippen molar-refractivity contribution in [3.63, 3.8) is 0 Å². The van der Waals surface area contributed by atoms with Crippen LogP contribution in [0, 0.1) is 0 Å². The van der Waals surface area contributed by atoms with Crippen molar-refractivity contribution < 1.29 is 24.2 Å². The summed E-state index contributed by atoms with van der Waals surface area (Å²) < 4.78 is 4.97. The molecule has 26 heavy (non-hydrogen) atoms. The van der Waals surface area contributed by atoms with Gasteiger partial charge in [-0.25, -0.2) is 0 Å². The molecular weight excluding hydrogens is 334 g/mol. The van der Waals surface area contributed by atoms with Crippen molar-refractivity contribution in [3.8, 4) is 0 Å². The maximum atomic E-state index is 12.9. The molecule has 6 heteroatoms. The number of amides is 1. The van der Waals surface area contributed by atoms with E-state index in [4.69, 9.17) is 4.74 Å². The summed E-state index contributed by atoms with van der Waals surface area (Å²) in [5.74, 6) is -1.83. The number of methoxy groups -OCH3 is 1. The summed E-state index contributed by atoms with van der Waals surface area (Å²) in [6, 6.07) is 5.29. The van der Waals surface area contributed by atoms with Gasteiger partial charge in [0.15, 0.2) is 5.78 Å². The lowest BCUT2D eigenvalue weighted by Crippen LogP contribution is -2.42. The van der Waals surface area contributed by atoms with Gasteiger partial charge in [-0.15, -0.1) is 0 Å². The van der Waals surface area contributed by atoms with Crippen molar-refractivity contribution >= 4 is 29.3 Å². The Hall–Kier alpha value is -2.73. The molecule has 1 amide bonds. The minimum atomic E-state index is -0.991. The van der Waals surface area contributed by atoms with Crippen LogP contribution in [0.4, 0.5) is 0 Å². The summed E-state index contributed by atoms with van der Waals surface area (Å²) in [5, 5.41) is 12.9. The largest absolute Gasteiger partial charge is 0.506 e. The Morgan fingerprint density at radius 1 is 1.31 bits per heavy atom. The third-order valence-electron chi connectivity index (χ3n) is 4.30. The molecule has 1 aromatic rings. The maximum absolute atomic E-state index is 12.9. The molecule has 1 aliphatic rings. The number of fused-ring (bicyclic) bond motifs is 1. The number of aliphatic hydroxyl groups excluding tert-OH is 1. The first-order chi connectivity index (χ1) is 12.2. The highest BCUT2D eigenvalue weighted by Crippen LogP contribution is 2.39. The van der Waals surface area contributed by atoms with Crippen molar-refractivity contribution in [2.45, 2.75) is 26.2 Å². The molecule has 0 radical (unpaired) electrons. The summed E-state index contributed by atoms with van der Waals surface area (Å²) in [5.41, 5.74) is 0.634. The number of hydrogen-bond acceptors (Lipinski definition) is 5. The van der Waals surface area contributed by atoms with E-state index in [1.807, 2.05) is 18.2 Å². The third kappa shape index (κ3) is 3.75. The van der Waals surface area contributed by atoms with E-state index in [9.17, 15) is 19.5 Å². The Morgan fingerprint density at radius 2 is 2.00 bits per heavy atom. The lowest BCUT2D eigenvalue weighted by Gasteiger charge is -2.32. The zero-order valence-electron chi connectivity index (χ0n) is 15.4. The number of Topliss-reactive ketones (excluding diaryl/α,β-unsaturated/α-hetero) is 2. The van der Waals surface area contributed by atoms with Crippen LogP contribution in [0.15, 0.2) is 29.8 Å². The van der Waals surface area contributed by atoms with Crippen LogP contribution in [-0.4, -0.2) is 42.8 Å². The minimum Gasteiger partial charge on any atom is -0.506 e. The summed E-state index contributed by atoms with van der Waals surface area (Å²) in [6.45, 7) is 5.02. The second kappa shape index (κ2) is 7.66. The highest BCUT2D eigenvalue weighted by Gasteiger charge is 2.43. The first kappa shape index (κ1) is 19.6. The zero-order valence-corrected chi connectivity index (χ0v) is 15.4. The minimum absolute atomic E-state index is 0.195. The van der Waals surface area contributed by atoms with E-state index in [-0.39, 0.29) is 23.7 Å². The number of benzene rings is 1. The van der Waals surface area contributed by atoms with Crippen molar-refractivity contribution in [2.24, 2.45) is 0 Å². The second-order valence-electron chi connectivity index (χ2n) is 6.73. The molecule has 2 rings (SSSR count). The molecule has 0 spiro atoms. The number of aliphatic hydroxyl groups is 1. The van der Waals surface area contributed by atoms with E-state index in [0.29, 0.717) is 17.7 Å². The number of ether oxygens (including phenoxy) is 1. The lowest BCUT2D eigenvalue weighted by atomic mass is 9.70. The fraction of sp³-hybridized carbons (Fsp3) is 0.350. The molecule has 0 atom stereocenters. The first-order valence-corrected chi connectivity index (χ1v) is 8.26. The SMILES string of the molecule is COC/C=C/c1ccc2c(c1)C(C)(C)C(=O)C(C(=O)NCC(C)=O)=C2O. The summed E-state index contributed by atoms with van der Waals surface area (Å²) in [4.78, 5) is 36.3. The number of ketones is 2. The Labute approximate surface area is 152 Å². The summed E-state index contributed by atoms with van der Waals surface area (Å²) in [7, 11) is 1.60. The Bertz CT molecular complexity index is 817. The molecule has 0 saturated carbocycles. The van der Waals surface area contributed by atoms with Gasteiger partial charge in [-0.05, 0) is 31.9 Å². The Morgan fingerprint density at radius 3 is 2.62 bits per heavy atom. The Balaban J connectivity index is 2.49. The molecule has 138 valence electrons. The van der Waals surface area contributed by atoms with E-state index in [0.717, 1.165) is 5.56 Å². The van der Waals surface area contributed by atoms with Gasteiger partial charge in [0, 0.05) is 12.7 Å². The van der Waals surface area contributed by atoms with Crippen molar-refractivity contribution in [1.82, 2.24) is 5.32 Å². The number of rotatable bonds is 6. The van der Waals surface area contributed by atoms with Gasteiger partial charge in [0.05, 0.1) is 18.6 Å². The molecule has 1 aromatic carbocycles. The molecule has 2 N–H and O–H groups in total. The van der Waals surface area contributed by atoms with Gasteiger partial charge in [-0.2, -0.15) is 0 Å². The summed E-state index contributed by atoms with van der Waals surface area (Å²) in [6.07, 6.45) is 3.70. The molecule has 0 fully saturated rings. The number of carbonyl (C=O) groups excluding carboxylic acids is 3. The van der Waals surface area contributed by atoms with Gasteiger partial charge in [0.1, 0.15) is 17.1 Å². The normalized spacial score (nSPS) is 15.9. The maximum Gasteiger partial charge on any atom is 0.259 e. The fourth-order valence-corrected chi connectivity index (χ4v) is 2.85. The molecule has 0 aromatic heterocycles. The fourth-order valence-electron chi connectivity index (χ4n) is 2.85. The molecule has 0 saturated heterocycles. The highest BCUT2D eigenvalue weighted by atomic mass is 16.5. The van der Waals surface area contributed by atoms with E-state index < -0.39 is 17.1 Å². The molecule has 0 bridgehead atoms. The molecule has 1 aliphatic carbocycles. The molecule has 0 aliphatic heterocycles. The topological polar surface area (TPSA) is 92.7 Å². The first-order valence-electron chi connectivity index (χ1n) is 8.26. The monoisotopic (exact) mass is 357 g/mol. The average molecular weight is 357 g/mol. The van der Waals surface area contributed by atoms with Crippen LogP contribution in [0.5, 0.6) is 0 Å². The van der Waals surface area contributed by atoms with Gasteiger partial charge in [0.2, 0.25) is 0 Å². The van der Waals surface area contributed by atoms with Crippen LogP contribution in [-0.2, 0) is 24.5 Å². The standard InChI is InChI=1S/C20H23NO5/c1-12(22)11-21-19(25)16-17(23)14-8-7-13(6-5-9-26-4)10-15(14)20(2,3)18(16)24/h5-8,10,23H,9,11H2,1-4H3,(H,21,25)/b6-5+. The van der Waals surface area contributed by atoms with Crippen LogP contribution < -0.4 is 5.32 Å². The zero-order chi connectivity index (χ0) is 19.5. The molecular formula is C20H23NO5. The van der Waals surface area contributed by atoms with E-state index in [2.05, 4.69) is 5.32 Å². The van der Waals surface area contributed by atoms with Gasteiger partial charge < -0.3 is 15.2 Å². The van der Waals surface area contributed by atoms with Crippen LogP contribution in [0.25, 0.3) is 11.8 Å². The predicted octanol–water partition coefficient (Wildman–Crippen LogP) is 2.18. The van der Waals surface area contributed by atoms with Crippen LogP contribution >= 0.6 is 0 Å². The Kier molecular flexibility index (Phi) is 5.77. The molecule has 6 nitrogen and oxygen atoms in total. The van der Waals surface area contributed by atoms with Crippen LogP contribution in [0.3, 0.4) is 0 Å². The number of nitrogens with one attached hydrogen (secondary N) is 1. The van der Waals surface area contributed by atoms with Gasteiger partial charge in [0.25, 0.3) is 5.91 Å². The predicted molar refractivity (Wildman–Crippen MR) is 98.6 cm³/mol. The van der Waals surface area contributed by atoms with Crippen molar-refractivity contribution in [2.75, 3.05) is 20.3 Å². The molecule has 0 heterocycles. The number of hydrogen-bond donors (Lipinski definition) is 2. The van der Waals surface area contributed by atoms with Gasteiger partial charge in [-0.1, -0.05) is 30.4 Å². The van der Waals surface area contributed by atoms with Gasteiger partial charge in [-0.3, -0.25) is 14.4 Å². The van der Waals surface area contributed by atoms with Gasteiger partial charge >= 0.3 is 0 Å². The summed E-state index contributed by atoms with van der Waals surface area (Å²) >= 11 is 0. The van der Waals surface area contributed by atoms with Crippen molar-refractivity contribution in [1.29, 1.82) is 0 Å². The quantitative estimate of drug-likeness (QED) is 0.761. The third-order valence-corrected chi connectivity index (χ3v) is 4.30. The highest BCUT2D eigenvalue weighted by molar-refractivity contribution is 6.28. The van der Waals surface area contributed by atoms with Crippen LogP contribution in [0.2, 0.25) is 0 Å². The van der Waals surface area contributed by atoms with E-state index in [1.54, 1.807) is 33.1 Å². The average Bonchev–Trinajstić information content (AvgIpc) is 2.59. The second-order valence-corrected chi connectivity index (χ2v) is 6.73. The van der Waals surface area contributed by atoms with Crippen molar-refractivity contribution in [3.05, 3.63) is 46.5 Å². The lowest BCUT2D eigenvalue weighted by molar-refractivity contribution is -0.126. The molecule has 0 unspecified atom stereocenters. The van der Waals surface area contributed by atoms with E-state index >= 15 is 0 Å². The number of carbonyl (C=O) groups is 3.